The van der Waals surface area contributed by atoms with Gasteiger partial charge in [0.2, 0.25) is 0 Å². The van der Waals surface area contributed by atoms with E-state index in [1.807, 2.05) is 13.0 Å². The maximum atomic E-state index is 13.2. The fourth-order valence-corrected chi connectivity index (χ4v) is 3.66. The van der Waals surface area contributed by atoms with Gasteiger partial charge in [-0.1, -0.05) is 13.0 Å². The molecule has 1 aliphatic carbocycles. The summed E-state index contributed by atoms with van der Waals surface area (Å²) in [6, 6.07) is 6.45. The number of ether oxygens (including phenoxy) is 1. The summed E-state index contributed by atoms with van der Waals surface area (Å²) in [5.41, 5.74) is -0.652. The summed E-state index contributed by atoms with van der Waals surface area (Å²) in [5.74, 6) is 0.400. The molecule has 0 aromatic heterocycles. The molecule has 0 heterocycles. The minimum atomic E-state index is -0.652. The third-order valence-electron chi connectivity index (χ3n) is 3.58. The molecule has 1 unspecified atom stereocenters. The standard InChI is InChI=1S/C15H20FNO2S/c1-3-17-15(11-7-8-11,14(18)19-2)10-20-13-6-4-5-12(16)9-13/h4-6,9,11,17H,3,7-8,10H2,1-2H3. The number of rotatable bonds is 7. The quantitative estimate of drug-likeness (QED) is 0.620. The van der Waals surface area contributed by atoms with Gasteiger partial charge in [0.25, 0.3) is 0 Å². The van der Waals surface area contributed by atoms with Crippen LogP contribution < -0.4 is 5.32 Å². The molecule has 20 heavy (non-hydrogen) atoms. The van der Waals surface area contributed by atoms with E-state index in [9.17, 15) is 9.18 Å². The number of halogens is 1. The van der Waals surface area contributed by atoms with Crippen molar-refractivity contribution < 1.29 is 13.9 Å². The summed E-state index contributed by atoms with van der Waals surface area (Å²) in [7, 11) is 1.42. The first-order chi connectivity index (χ1) is 9.62. The smallest absolute Gasteiger partial charge is 0.327 e. The van der Waals surface area contributed by atoms with Gasteiger partial charge in [0, 0.05) is 10.6 Å². The molecule has 2 rings (SSSR count). The fourth-order valence-electron chi connectivity index (χ4n) is 2.44. The molecule has 1 aromatic rings. The summed E-state index contributed by atoms with van der Waals surface area (Å²) in [6.07, 6.45) is 2.07. The number of nitrogens with one attached hydrogen (secondary N) is 1. The molecular weight excluding hydrogens is 277 g/mol. The molecule has 1 atom stereocenters. The number of esters is 1. The van der Waals surface area contributed by atoms with Crippen LogP contribution in [0.1, 0.15) is 19.8 Å². The van der Waals surface area contributed by atoms with E-state index in [1.54, 1.807) is 6.07 Å². The normalized spacial score (nSPS) is 17.6. The van der Waals surface area contributed by atoms with Crippen LogP contribution in [-0.4, -0.2) is 30.9 Å². The van der Waals surface area contributed by atoms with Crippen molar-refractivity contribution in [1.82, 2.24) is 5.32 Å². The van der Waals surface area contributed by atoms with Gasteiger partial charge < -0.3 is 10.1 Å². The summed E-state index contributed by atoms with van der Waals surface area (Å²) in [4.78, 5) is 13.1. The van der Waals surface area contributed by atoms with Crippen molar-refractivity contribution in [2.24, 2.45) is 5.92 Å². The lowest BCUT2D eigenvalue weighted by Crippen LogP contribution is -2.56. The molecular formula is C15H20FNO2S. The van der Waals surface area contributed by atoms with E-state index in [4.69, 9.17) is 4.74 Å². The Balaban J connectivity index is 2.13. The Kier molecular flexibility index (Phi) is 5.05. The molecule has 0 amide bonds. The largest absolute Gasteiger partial charge is 0.468 e. The summed E-state index contributed by atoms with van der Waals surface area (Å²) in [5, 5.41) is 3.30. The SMILES string of the molecule is CCNC(CSc1cccc(F)c1)(C(=O)OC)C1CC1. The zero-order chi connectivity index (χ0) is 14.6. The average molecular weight is 297 g/mol. The van der Waals surface area contributed by atoms with Crippen molar-refractivity contribution in [3.63, 3.8) is 0 Å². The number of carbonyl (C=O) groups excluding carboxylic acids is 1. The van der Waals surface area contributed by atoms with Gasteiger partial charge in [-0.15, -0.1) is 11.8 Å². The van der Waals surface area contributed by atoms with Crippen LogP contribution in [0.4, 0.5) is 4.39 Å². The van der Waals surface area contributed by atoms with Crippen LogP contribution in [-0.2, 0) is 9.53 Å². The van der Waals surface area contributed by atoms with Crippen molar-refractivity contribution >= 4 is 17.7 Å². The Hall–Kier alpha value is -1.07. The molecule has 0 spiro atoms. The minimum absolute atomic E-state index is 0.217. The molecule has 3 nitrogen and oxygen atoms in total. The first-order valence-electron chi connectivity index (χ1n) is 6.84. The van der Waals surface area contributed by atoms with Gasteiger partial charge in [-0.05, 0) is 43.5 Å². The molecule has 0 saturated heterocycles. The number of benzene rings is 1. The van der Waals surface area contributed by atoms with E-state index < -0.39 is 5.54 Å². The zero-order valence-electron chi connectivity index (χ0n) is 11.8. The first kappa shape index (κ1) is 15.3. The molecule has 0 radical (unpaired) electrons. The number of carbonyl (C=O) groups is 1. The third kappa shape index (κ3) is 3.33. The van der Waals surface area contributed by atoms with E-state index in [0.717, 1.165) is 17.7 Å². The highest BCUT2D eigenvalue weighted by Gasteiger charge is 2.51. The van der Waals surface area contributed by atoms with Crippen molar-refractivity contribution in [2.45, 2.75) is 30.2 Å². The number of likely N-dealkylation sites (N-methyl/N-ethyl adjacent to an activating group) is 1. The second-order valence-electron chi connectivity index (χ2n) is 5.01. The molecule has 1 N–H and O–H groups in total. The van der Waals surface area contributed by atoms with Gasteiger partial charge in [-0.3, -0.25) is 4.79 Å². The van der Waals surface area contributed by atoms with Crippen LogP contribution >= 0.6 is 11.8 Å². The average Bonchev–Trinajstić information content (AvgIpc) is 3.27. The highest BCUT2D eigenvalue weighted by atomic mass is 32.2. The van der Waals surface area contributed by atoms with E-state index in [0.29, 0.717) is 18.2 Å². The fraction of sp³-hybridized carbons (Fsp3) is 0.533. The van der Waals surface area contributed by atoms with Crippen LogP contribution in [0.5, 0.6) is 0 Å². The molecule has 5 heteroatoms. The summed E-state index contributed by atoms with van der Waals surface area (Å²) >= 11 is 1.49. The molecule has 1 aromatic carbocycles. The number of thioether (sulfide) groups is 1. The van der Waals surface area contributed by atoms with Gasteiger partial charge in [0.15, 0.2) is 0 Å². The van der Waals surface area contributed by atoms with Crippen LogP contribution in [0.25, 0.3) is 0 Å². The molecule has 1 aliphatic rings. The van der Waals surface area contributed by atoms with Crippen molar-refractivity contribution in [1.29, 1.82) is 0 Å². The van der Waals surface area contributed by atoms with Crippen LogP contribution in [0.15, 0.2) is 29.2 Å². The van der Waals surface area contributed by atoms with Crippen LogP contribution in [0.3, 0.4) is 0 Å². The molecule has 0 bridgehead atoms. The lowest BCUT2D eigenvalue weighted by atomic mass is 9.95. The Bertz CT molecular complexity index is 479. The van der Waals surface area contributed by atoms with Gasteiger partial charge in [-0.25, -0.2) is 4.39 Å². The lowest BCUT2D eigenvalue weighted by Gasteiger charge is -2.31. The maximum Gasteiger partial charge on any atom is 0.327 e. The zero-order valence-corrected chi connectivity index (χ0v) is 12.6. The Morgan fingerprint density at radius 2 is 2.30 bits per heavy atom. The summed E-state index contributed by atoms with van der Waals surface area (Å²) in [6.45, 7) is 2.68. The second kappa shape index (κ2) is 6.59. The van der Waals surface area contributed by atoms with Crippen molar-refractivity contribution in [2.75, 3.05) is 19.4 Å². The Morgan fingerprint density at radius 3 is 2.85 bits per heavy atom. The topological polar surface area (TPSA) is 38.3 Å². The van der Waals surface area contributed by atoms with Crippen LogP contribution in [0, 0.1) is 11.7 Å². The molecule has 110 valence electrons. The molecule has 0 aliphatic heterocycles. The predicted octanol–water partition coefficient (Wildman–Crippen LogP) is 2.85. The van der Waals surface area contributed by atoms with Gasteiger partial charge in [0.05, 0.1) is 7.11 Å². The third-order valence-corrected chi connectivity index (χ3v) is 4.77. The Morgan fingerprint density at radius 1 is 1.55 bits per heavy atom. The first-order valence-corrected chi connectivity index (χ1v) is 7.82. The molecule has 1 fully saturated rings. The van der Waals surface area contributed by atoms with Crippen LogP contribution in [0.2, 0.25) is 0 Å². The Labute approximate surface area is 123 Å². The van der Waals surface area contributed by atoms with Gasteiger partial charge >= 0.3 is 5.97 Å². The predicted molar refractivity (Wildman–Crippen MR) is 78.3 cm³/mol. The molecule has 1 saturated carbocycles. The highest BCUT2D eigenvalue weighted by molar-refractivity contribution is 7.99. The summed E-state index contributed by atoms with van der Waals surface area (Å²) < 4.78 is 18.2. The van der Waals surface area contributed by atoms with E-state index in [-0.39, 0.29) is 11.8 Å². The van der Waals surface area contributed by atoms with Gasteiger partial charge in [-0.2, -0.15) is 0 Å². The van der Waals surface area contributed by atoms with Gasteiger partial charge in [0.1, 0.15) is 11.4 Å². The van der Waals surface area contributed by atoms with E-state index in [1.165, 1.54) is 31.0 Å². The number of hydrogen-bond acceptors (Lipinski definition) is 4. The maximum absolute atomic E-state index is 13.2. The van der Waals surface area contributed by atoms with E-state index >= 15 is 0 Å². The second-order valence-corrected chi connectivity index (χ2v) is 6.06. The minimum Gasteiger partial charge on any atom is -0.468 e. The highest BCUT2D eigenvalue weighted by Crippen LogP contribution is 2.43. The number of methoxy groups -OCH3 is 1. The number of hydrogen-bond donors (Lipinski definition) is 1. The van der Waals surface area contributed by atoms with Crippen molar-refractivity contribution in [3.05, 3.63) is 30.1 Å². The monoisotopic (exact) mass is 297 g/mol. The van der Waals surface area contributed by atoms with Crippen molar-refractivity contribution in [3.8, 4) is 0 Å². The van der Waals surface area contributed by atoms with E-state index in [2.05, 4.69) is 5.32 Å². The lowest BCUT2D eigenvalue weighted by molar-refractivity contribution is -0.148.